The summed E-state index contributed by atoms with van der Waals surface area (Å²) >= 11 is 5.93. The number of nitro benzene ring substituents is 1. The molecule has 2 aromatic carbocycles. The fourth-order valence-electron chi connectivity index (χ4n) is 1.82. The van der Waals surface area contributed by atoms with Gasteiger partial charge >= 0.3 is 0 Å². The lowest BCUT2D eigenvalue weighted by Gasteiger charge is -2.06. The van der Waals surface area contributed by atoms with Gasteiger partial charge < -0.3 is 15.7 Å². The molecule has 0 saturated carbocycles. The number of aromatic hydroxyl groups is 1. The van der Waals surface area contributed by atoms with Crippen LogP contribution < -0.4 is 10.6 Å². The molecule has 0 heterocycles. The minimum Gasteiger partial charge on any atom is -0.508 e. The predicted molar refractivity (Wildman–Crippen MR) is 92.2 cm³/mol. The first-order chi connectivity index (χ1) is 11.9. The van der Waals surface area contributed by atoms with E-state index in [-0.39, 0.29) is 27.7 Å². The summed E-state index contributed by atoms with van der Waals surface area (Å²) in [7, 11) is 0. The Morgan fingerprint density at radius 3 is 2.72 bits per heavy atom. The maximum absolute atomic E-state index is 12.1. The maximum Gasteiger partial charge on any atom is 0.271 e. The van der Waals surface area contributed by atoms with Gasteiger partial charge in [0, 0.05) is 30.1 Å². The molecule has 2 rings (SSSR count). The van der Waals surface area contributed by atoms with Gasteiger partial charge in [0.1, 0.15) is 17.4 Å². The second-order valence-corrected chi connectivity index (χ2v) is 5.15. The molecule has 126 valence electrons. The van der Waals surface area contributed by atoms with E-state index in [0.717, 1.165) is 6.20 Å². The van der Waals surface area contributed by atoms with Crippen molar-refractivity contribution in [3.8, 4) is 11.8 Å². The van der Waals surface area contributed by atoms with Crippen LogP contribution >= 0.6 is 11.6 Å². The van der Waals surface area contributed by atoms with Crippen LogP contribution in [0.2, 0.25) is 5.02 Å². The molecule has 0 atom stereocenters. The summed E-state index contributed by atoms with van der Waals surface area (Å²) in [6, 6.07) is 11.3. The summed E-state index contributed by atoms with van der Waals surface area (Å²) < 4.78 is 0. The Kier molecular flexibility index (Phi) is 5.55. The number of nitrogens with one attached hydrogen (secondary N) is 2. The van der Waals surface area contributed by atoms with E-state index >= 15 is 0 Å². The standard InChI is InChI=1S/C16H11ClN4O4/c17-14-5-4-12(21(24)25)7-15(14)19-9-10(8-18)16(23)20-11-2-1-3-13(22)6-11/h1-7,9,19,22H,(H,20,23)/b10-9-. The lowest BCUT2D eigenvalue weighted by Crippen LogP contribution is -2.14. The van der Waals surface area contributed by atoms with Gasteiger partial charge in [0.05, 0.1) is 15.6 Å². The number of halogens is 1. The highest BCUT2D eigenvalue weighted by atomic mass is 35.5. The number of benzene rings is 2. The van der Waals surface area contributed by atoms with Gasteiger partial charge in [0.25, 0.3) is 11.6 Å². The van der Waals surface area contributed by atoms with Crippen LogP contribution in [0.15, 0.2) is 54.2 Å². The van der Waals surface area contributed by atoms with Crippen molar-refractivity contribution >= 4 is 34.6 Å². The number of carbonyl (C=O) groups is 1. The fraction of sp³-hybridized carbons (Fsp3) is 0. The molecule has 0 aromatic heterocycles. The van der Waals surface area contributed by atoms with Crippen LogP contribution in [0.5, 0.6) is 5.75 Å². The number of nitriles is 1. The zero-order valence-corrected chi connectivity index (χ0v) is 13.3. The van der Waals surface area contributed by atoms with E-state index in [0.29, 0.717) is 5.69 Å². The van der Waals surface area contributed by atoms with Crippen LogP contribution in [-0.2, 0) is 4.79 Å². The van der Waals surface area contributed by atoms with Crippen LogP contribution in [0.25, 0.3) is 0 Å². The van der Waals surface area contributed by atoms with Gasteiger partial charge in [-0.05, 0) is 18.2 Å². The van der Waals surface area contributed by atoms with Gasteiger partial charge in [-0.25, -0.2) is 0 Å². The molecule has 0 spiro atoms. The third kappa shape index (κ3) is 4.70. The summed E-state index contributed by atoms with van der Waals surface area (Å²) in [5.74, 6) is -0.760. The molecule has 25 heavy (non-hydrogen) atoms. The Morgan fingerprint density at radius 2 is 2.08 bits per heavy atom. The van der Waals surface area contributed by atoms with Gasteiger partial charge in [-0.3, -0.25) is 14.9 Å². The Bertz CT molecular complexity index is 905. The monoisotopic (exact) mass is 358 g/mol. The first-order valence-electron chi connectivity index (χ1n) is 6.82. The highest BCUT2D eigenvalue weighted by Crippen LogP contribution is 2.27. The minimum absolute atomic E-state index is 0.0400. The van der Waals surface area contributed by atoms with Gasteiger partial charge in [0.2, 0.25) is 0 Å². The van der Waals surface area contributed by atoms with Crippen LogP contribution in [0.4, 0.5) is 17.1 Å². The van der Waals surface area contributed by atoms with E-state index in [4.69, 9.17) is 16.9 Å². The number of phenolic OH excluding ortho intramolecular Hbond substituents is 1. The van der Waals surface area contributed by atoms with Crippen molar-refractivity contribution in [2.45, 2.75) is 0 Å². The fourth-order valence-corrected chi connectivity index (χ4v) is 1.99. The first kappa shape index (κ1) is 17.8. The van der Waals surface area contributed by atoms with Crippen molar-refractivity contribution in [2.75, 3.05) is 10.6 Å². The lowest BCUT2D eigenvalue weighted by atomic mass is 10.2. The molecule has 0 aliphatic heterocycles. The normalized spacial score (nSPS) is 10.6. The van der Waals surface area contributed by atoms with E-state index in [2.05, 4.69) is 10.6 Å². The Morgan fingerprint density at radius 1 is 1.32 bits per heavy atom. The largest absolute Gasteiger partial charge is 0.508 e. The van der Waals surface area contributed by atoms with Crippen molar-refractivity contribution in [3.05, 3.63) is 69.4 Å². The molecule has 9 heteroatoms. The van der Waals surface area contributed by atoms with Crippen molar-refractivity contribution in [1.29, 1.82) is 5.26 Å². The van der Waals surface area contributed by atoms with Crippen LogP contribution in [0.1, 0.15) is 0 Å². The Hall–Kier alpha value is -3.57. The zero-order chi connectivity index (χ0) is 18.4. The molecule has 1 amide bonds. The van der Waals surface area contributed by atoms with E-state index in [9.17, 15) is 20.0 Å². The number of anilines is 2. The molecule has 0 saturated heterocycles. The second-order valence-electron chi connectivity index (χ2n) is 4.74. The van der Waals surface area contributed by atoms with Gasteiger partial charge in [-0.15, -0.1) is 0 Å². The number of amides is 1. The van der Waals surface area contributed by atoms with Crippen LogP contribution in [-0.4, -0.2) is 15.9 Å². The summed E-state index contributed by atoms with van der Waals surface area (Å²) in [6.07, 6.45) is 1.09. The van der Waals surface area contributed by atoms with E-state index in [1.54, 1.807) is 6.07 Å². The van der Waals surface area contributed by atoms with Crippen LogP contribution in [0, 0.1) is 21.4 Å². The number of hydrogen-bond acceptors (Lipinski definition) is 6. The Balaban J connectivity index is 2.18. The summed E-state index contributed by atoms with van der Waals surface area (Å²) in [5.41, 5.74) is 0.00207. The van der Waals surface area contributed by atoms with Crippen molar-refractivity contribution in [3.63, 3.8) is 0 Å². The third-order valence-electron chi connectivity index (χ3n) is 3.00. The van der Waals surface area contributed by atoms with Crippen molar-refractivity contribution in [2.24, 2.45) is 0 Å². The number of rotatable bonds is 5. The first-order valence-corrected chi connectivity index (χ1v) is 7.19. The SMILES string of the molecule is N#C/C(=C/Nc1cc([N+](=O)[O-])ccc1Cl)C(=O)Nc1cccc(O)c1. The Labute approximate surface area is 147 Å². The van der Waals surface area contributed by atoms with Crippen LogP contribution in [0.3, 0.4) is 0 Å². The van der Waals surface area contributed by atoms with Gasteiger partial charge in [-0.2, -0.15) is 5.26 Å². The molecule has 0 bridgehead atoms. The number of non-ortho nitro benzene ring substituents is 1. The molecule has 0 fully saturated rings. The summed E-state index contributed by atoms with van der Waals surface area (Å²) in [5, 5.41) is 34.5. The van der Waals surface area contributed by atoms with Gasteiger partial charge in [-0.1, -0.05) is 17.7 Å². The molecule has 8 nitrogen and oxygen atoms in total. The molecular weight excluding hydrogens is 348 g/mol. The lowest BCUT2D eigenvalue weighted by molar-refractivity contribution is -0.384. The molecular formula is C16H11ClN4O4. The predicted octanol–water partition coefficient (Wildman–Crippen LogP) is 3.41. The quantitative estimate of drug-likeness (QED) is 0.325. The molecule has 0 unspecified atom stereocenters. The number of carbonyl (C=O) groups excluding carboxylic acids is 1. The summed E-state index contributed by atoms with van der Waals surface area (Å²) in [6.45, 7) is 0. The molecule has 3 N–H and O–H groups in total. The number of nitro groups is 1. The average Bonchev–Trinajstić information content (AvgIpc) is 2.56. The minimum atomic E-state index is -0.720. The number of hydrogen-bond donors (Lipinski definition) is 3. The third-order valence-corrected chi connectivity index (χ3v) is 3.33. The molecule has 2 aromatic rings. The van der Waals surface area contributed by atoms with E-state index < -0.39 is 10.8 Å². The van der Waals surface area contributed by atoms with Crippen molar-refractivity contribution in [1.82, 2.24) is 0 Å². The number of nitrogens with zero attached hydrogens (tertiary/aromatic N) is 2. The second kappa shape index (κ2) is 7.81. The summed E-state index contributed by atoms with van der Waals surface area (Å²) in [4.78, 5) is 22.3. The van der Waals surface area contributed by atoms with Crippen molar-refractivity contribution < 1.29 is 14.8 Å². The average molecular weight is 359 g/mol. The topological polar surface area (TPSA) is 128 Å². The highest BCUT2D eigenvalue weighted by Gasteiger charge is 2.12. The molecule has 0 radical (unpaired) electrons. The number of phenols is 1. The molecule has 0 aliphatic rings. The van der Waals surface area contributed by atoms with Gasteiger partial charge in [0.15, 0.2) is 0 Å². The highest BCUT2D eigenvalue weighted by molar-refractivity contribution is 6.33. The molecule has 0 aliphatic carbocycles. The van der Waals surface area contributed by atoms with E-state index in [1.807, 2.05) is 0 Å². The van der Waals surface area contributed by atoms with E-state index in [1.165, 1.54) is 42.5 Å². The maximum atomic E-state index is 12.1. The zero-order valence-electron chi connectivity index (χ0n) is 12.6. The smallest absolute Gasteiger partial charge is 0.271 e.